The normalized spacial score (nSPS) is 17.5. The van der Waals surface area contributed by atoms with E-state index in [0.717, 1.165) is 36.2 Å². The fourth-order valence-corrected chi connectivity index (χ4v) is 3.30. The predicted octanol–water partition coefficient (Wildman–Crippen LogP) is 2.17. The molecule has 1 aliphatic heterocycles. The average molecular weight is 352 g/mol. The molecule has 0 bridgehead atoms. The first-order chi connectivity index (χ1) is 12.6. The molecule has 0 saturated carbocycles. The van der Waals surface area contributed by atoms with E-state index in [4.69, 9.17) is 9.51 Å². The molecule has 0 radical (unpaired) electrons. The van der Waals surface area contributed by atoms with Gasteiger partial charge in [-0.2, -0.15) is 0 Å². The van der Waals surface area contributed by atoms with Crippen molar-refractivity contribution in [1.82, 2.24) is 25.1 Å². The van der Waals surface area contributed by atoms with Gasteiger partial charge in [-0.3, -0.25) is 9.97 Å². The molecule has 1 aliphatic rings. The van der Waals surface area contributed by atoms with Gasteiger partial charge in [0.1, 0.15) is 5.76 Å². The van der Waals surface area contributed by atoms with E-state index in [0.29, 0.717) is 29.6 Å². The summed E-state index contributed by atoms with van der Waals surface area (Å²) in [4.78, 5) is 19.9. The summed E-state index contributed by atoms with van der Waals surface area (Å²) in [5.41, 5.74) is 3.77. The first kappa shape index (κ1) is 16.6. The Labute approximate surface area is 150 Å². The highest BCUT2D eigenvalue weighted by Crippen LogP contribution is 2.34. The molecule has 1 saturated heterocycles. The van der Waals surface area contributed by atoms with Gasteiger partial charge in [-0.15, -0.1) is 0 Å². The molecule has 4 heterocycles. The monoisotopic (exact) mass is 352 g/mol. The van der Waals surface area contributed by atoms with Crippen molar-refractivity contribution < 1.29 is 9.63 Å². The topological polar surface area (TPSA) is 101 Å². The Hall–Kier alpha value is -2.87. The van der Waals surface area contributed by atoms with Gasteiger partial charge in [-0.25, -0.2) is 9.97 Å². The largest absolute Gasteiger partial charge is 0.391 e. The number of nitrogens with zero attached hydrogens (tertiary/aromatic N) is 6. The summed E-state index contributed by atoms with van der Waals surface area (Å²) in [5, 5.41) is 14.0. The van der Waals surface area contributed by atoms with Crippen LogP contribution >= 0.6 is 0 Å². The number of piperidine rings is 1. The Bertz CT molecular complexity index is 892. The average Bonchev–Trinajstić information content (AvgIpc) is 3.00. The lowest BCUT2D eigenvalue weighted by Crippen LogP contribution is -2.39. The number of hydrogen-bond donors (Lipinski definition) is 1. The van der Waals surface area contributed by atoms with Gasteiger partial charge in [0.25, 0.3) is 0 Å². The van der Waals surface area contributed by atoms with Crippen molar-refractivity contribution in [3.8, 4) is 22.5 Å². The SMILES string of the molecule is Cc1noc(C)c1-c1nc(N2CCC[C@@H](O)C2)ncc1-c1cnccn1. The van der Waals surface area contributed by atoms with Crippen molar-refractivity contribution in [2.24, 2.45) is 0 Å². The minimum absolute atomic E-state index is 0.352. The Morgan fingerprint density at radius 3 is 2.77 bits per heavy atom. The maximum absolute atomic E-state index is 9.97. The number of rotatable bonds is 3. The van der Waals surface area contributed by atoms with Crippen molar-refractivity contribution in [3.05, 3.63) is 36.2 Å². The van der Waals surface area contributed by atoms with Gasteiger partial charge >= 0.3 is 0 Å². The number of anilines is 1. The van der Waals surface area contributed by atoms with Crippen molar-refractivity contribution >= 4 is 5.95 Å². The zero-order valence-electron chi connectivity index (χ0n) is 14.8. The van der Waals surface area contributed by atoms with Gasteiger partial charge < -0.3 is 14.5 Å². The first-order valence-electron chi connectivity index (χ1n) is 8.63. The van der Waals surface area contributed by atoms with Crippen LogP contribution in [0.1, 0.15) is 24.3 Å². The Kier molecular flexibility index (Phi) is 4.34. The van der Waals surface area contributed by atoms with Gasteiger partial charge in [0, 0.05) is 37.2 Å². The van der Waals surface area contributed by atoms with Gasteiger partial charge in [0.05, 0.1) is 34.9 Å². The zero-order chi connectivity index (χ0) is 18.1. The zero-order valence-corrected chi connectivity index (χ0v) is 14.8. The van der Waals surface area contributed by atoms with E-state index in [1.165, 1.54) is 0 Å². The van der Waals surface area contributed by atoms with Gasteiger partial charge in [-0.1, -0.05) is 5.16 Å². The molecule has 0 aliphatic carbocycles. The molecular formula is C18H20N6O2. The molecule has 134 valence electrons. The van der Waals surface area contributed by atoms with Crippen molar-refractivity contribution in [2.75, 3.05) is 18.0 Å². The molecule has 1 atom stereocenters. The van der Waals surface area contributed by atoms with E-state index in [-0.39, 0.29) is 6.10 Å². The smallest absolute Gasteiger partial charge is 0.225 e. The lowest BCUT2D eigenvalue weighted by atomic mass is 10.0. The van der Waals surface area contributed by atoms with E-state index in [1.54, 1.807) is 24.8 Å². The summed E-state index contributed by atoms with van der Waals surface area (Å²) in [6.07, 6.45) is 8.08. The fraction of sp³-hybridized carbons (Fsp3) is 0.389. The lowest BCUT2D eigenvalue weighted by Gasteiger charge is -2.30. The van der Waals surface area contributed by atoms with Gasteiger partial charge in [0.15, 0.2) is 0 Å². The van der Waals surface area contributed by atoms with Crippen molar-refractivity contribution in [1.29, 1.82) is 0 Å². The third kappa shape index (κ3) is 3.03. The quantitative estimate of drug-likeness (QED) is 0.765. The van der Waals surface area contributed by atoms with Crippen LogP contribution < -0.4 is 4.90 Å². The summed E-state index contributed by atoms with van der Waals surface area (Å²) in [6.45, 7) is 5.11. The number of aliphatic hydroxyl groups excluding tert-OH is 1. The van der Waals surface area contributed by atoms with Gasteiger partial charge in [0.2, 0.25) is 5.95 Å². The Morgan fingerprint density at radius 2 is 2.08 bits per heavy atom. The maximum Gasteiger partial charge on any atom is 0.225 e. The van der Waals surface area contributed by atoms with Crippen LogP contribution in [-0.4, -0.2) is 49.4 Å². The Balaban J connectivity index is 1.85. The summed E-state index contributed by atoms with van der Waals surface area (Å²) in [5.74, 6) is 1.28. The van der Waals surface area contributed by atoms with Crippen molar-refractivity contribution in [2.45, 2.75) is 32.8 Å². The first-order valence-corrected chi connectivity index (χ1v) is 8.63. The molecule has 4 rings (SSSR count). The second kappa shape index (κ2) is 6.80. The van der Waals surface area contributed by atoms with Crippen molar-refractivity contribution in [3.63, 3.8) is 0 Å². The van der Waals surface area contributed by atoms with Crippen LogP contribution in [0, 0.1) is 13.8 Å². The summed E-state index contributed by atoms with van der Waals surface area (Å²) in [7, 11) is 0. The predicted molar refractivity (Wildman–Crippen MR) is 95.5 cm³/mol. The molecule has 8 nitrogen and oxygen atoms in total. The number of aromatic nitrogens is 5. The van der Waals surface area contributed by atoms with E-state index in [9.17, 15) is 5.11 Å². The number of aryl methyl sites for hydroxylation is 2. The fourth-order valence-electron chi connectivity index (χ4n) is 3.30. The van der Waals surface area contributed by atoms with Gasteiger partial charge in [-0.05, 0) is 26.7 Å². The third-order valence-corrected chi connectivity index (χ3v) is 4.56. The summed E-state index contributed by atoms with van der Waals surface area (Å²) >= 11 is 0. The van der Waals surface area contributed by atoms with E-state index in [1.807, 2.05) is 18.7 Å². The van der Waals surface area contributed by atoms with Crippen LogP contribution in [0.25, 0.3) is 22.5 Å². The Morgan fingerprint density at radius 1 is 1.19 bits per heavy atom. The number of hydrogen-bond acceptors (Lipinski definition) is 8. The minimum atomic E-state index is -0.352. The van der Waals surface area contributed by atoms with Crippen LogP contribution in [0.3, 0.4) is 0 Å². The van der Waals surface area contributed by atoms with Crippen LogP contribution in [0.15, 0.2) is 29.3 Å². The van der Waals surface area contributed by atoms with E-state index in [2.05, 4.69) is 20.1 Å². The van der Waals surface area contributed by atoms with E-state index >= 15 is 0 Å². The maximum atomic E-state index is 9.97. The molecule has 26 heavy (non-hydrogen) atoms. The van der Waals surface area contributed by atoms with Crippen LogP contribution in [-0.2, 0) is 0 Å². The molecule has 0 aromatic carbocycles. The molecule has 1 fully saturated rings. The van der Waals surface area contributed by atoms with Crippen LogP contribution in [0.5, 0.6) is 0 Å². The molecular weight excluding hydrogens is 332 g/mol. The number of aliphatic hydroxyl groups is 1. The highest BCUT2D eigenvalue weighted by molar-refractivity contribution is 5.80. The highest BCUT2D eigenvalue weighted by atomic mass is 16.5. The molecule has 0 unspecified atom stereocenters. The van der Waals surface area contributed by atoms with E-state index < -0.39 is 0 Å². The summed E-state index contributed by atoms with van der Waals surface area (Å²) < 4.78 is 5.34. The molecule has 0 spiro atoms. The van der Waals surface area contributed by atoms with Crippen LogP contribution in [0.4, 0.5) is 5.95 Å². The second-order valence-electron chi connectivity index (χ2n) is 6.46. The molecule has 3 aromatic rings. The number of β-amino-alcohol motifs (C(OH)–C–C–N with tert-alkyl or cyclic N) is 1. The minimum Gasteiger partial charge on any atom is -0.391 e. The van der Waals surface area contributed by atoms with Crippen LogP contribution in [0.2, 0.25) is 0 Å². The third-order valence-electron chi connectivity index (χ3n) is 4.56. The lowest BCUT2D eigenvalue weighted by molar-refractivity contribution is 0.153. The molecule has 1 N–H and O–H groups in total. The molecule has 8 heteroatoms. The standard InChI is InChI=1S/C18H20N6O2/c1-11-16(12(2)26-23-11)17-14(15-9-19-5-6-20-15)8-21-18(22-17)24-7-3-4-13(25)10-24/h5-6,8-9,13,25H,3-4,7,10H2,1-2H3/t13-/m1/s1. The molecule has 3 aromatic heterocycles. The highest BCUT2D eigenvalue weighted by Gasteiger charge is 2.24. The summed E-state index contributed by atoms with van der Waals surface area (Å²) in [6, 6.07) is 0. The second-order valence-corrected chi connectivity index (χ2v) is 6.46. The molecule has 0 amide bonds.